The van der Waals surface area contributed by atoms with Crippen molar-refractivity contribution in [3.63, 3.8) is 0 Å². The largest absolute Gasteiger partial charge is 0.388 e. The van der Waals surface area contributed by atoms with E-state index in [4.69, 9.17) is 0 Å². The fourth-order valence-corrected chi connectivity index (χ4v) is 3.75. The summed E-state index contributed by atoms with van der Waals surface area (Å²) in [6, 6.07) is 0. The van der Waals surface area contributed by atoms with Gasteiger partial charge in [0.15, 0.2) is 0 Å². The van der Waals surface area contributed by atoms with E-state index in [1.807, 2.05) is 0 Å². The van der Waals surface area contributed by atoms with E-state index in [2.05, 4.69) is 10.4 Å². The van der Waals surface area contributed by atoms with Crippen LogP contribution in [0.15, 0.2) is 4.79 Å². The number of fused-ring (bicyclic) bond motifs is 1. The minimum absolute atomic E-state index is 0.0745. The molecule has 1 amide bonds. The molecule has 2 aliphatic rings. The molecular weight excluding hydrogens is 308 g/mol. The van der Waals surface area contributed by atoms with E-state index in [0.29, 0.717) is 6.54 Å². The van der Waals surface area contributed by atoms with Crippen molar-refractivity contribution in [2.75, 3.05) is 6.54 Å². The molecule has 134 valence electrons. The van der Waals surface area contributed by atoms with Gasteiger partial charge in [-0.3, -0.25) is 9.36 Å². The number of aryl methyl sites for hydroxylation is 1. The zero-order valence-corrected chi connectivity index (χ0v) is 14.3. The molecule has 0 unspecified atom stereocenters. The number of nitrogens with one attached hydrogen (secondary N) is 1. The van der Waals surface area contributed by atoms with E-state index in [0.717, 1.165) is 70.0 Å². The monoisotopic (exact) mass is 336 g/mol. The summed E-state index contributed by atoms with van der Waals surface area (Å²) in [7, 11) is 0. The number of nitrogens with zero attached hydrogens (tertiary/aromatic N) is 3. The number of hydrogen-bond acceptors (Lipinski definition) is 4. The van der Waals surface area contributed by atoms with Crippen LogP contribution in [-0.2, 0) is 24.3 Å². The maximum Gasteiger partial charge on any atom is 0.346 e. The highest BCUT2D eigenvalue weighted by molar-refractivity contribution is 5.75. The topological polar surface area (TPSA) is 89.2 Å². The van der Waals surface area contributed by atoms with E-state index in [-0.39, 0.29) is 24.7 Å². The van der Waals surface area contributed by atoms with Gasteiger partial charge in [0.2, 0.25) is 5.91 Å². The highest BCUT2D eigenvalue weighted by Crippen LogP contribution is 2.26. The molecule has 0 atom stereocenters. The van der Waals surface area contributed by atoms with Crippen molar-refractivity contribution < 1.29 is 9.90 Å². The predicted octanol–water partition coefficient (Wildman–Crippen LogP) is 0.973. The lowest BCUT2D eigenvalue weighted by molar-refractivity contribution is -0.123. The highest BCUT2D eigenvalue weighted by atomic mass is 16.3. The molecule has 1 aliphatic heterocycles. The van der Waals surface area contributed by atoms with Crippen molar-refractivity contribution in [1.29, 1.82) is 0 Å². The van der Waals surface area contributed by atoms with Gasteiger partial charge in [-0.2, -0.15) is 5.10 Å². The second kappa shape index (κ2) is 7.51. The molecule has 1 saturated carbocycles. The van der Waals surface area contributed by atoms with E-state index in [9.17, 15) is 14.7 Å². The fraction of sp³-hybridized carbons (Fsp3) is 0.824. The summed E-state index contributed by atoms with van der Waals surface area (Å²) in [6.45, 7) is 0.874. The Bertz CT molecular complexity index is 626. The number of aromatic nitrogens is 3. The zero-order valence-electron chi connectivity index (χ0n) is 14.3. The van der Waals surface area contributed by atoms with Crippen LogP contribution < -0.4 is 11.0 Å². The van der Waals surface area contributed by atoms with Crippen molar-refractivity contribution in [3.8, 4) is 0 Å². The first-order valence-electron chi connectivity index (χ1n) is 9.23. The average Bonchev–Trinajstić information content (AvgIpc) is 2.79. The molecular formula is C17H28N4O3. The summed E-state index contributed by atoms with van der Waals surface area (Å²) >= 11 is 0. The zero-order chi connectivity index (χ0) is 17.0. The Kier molecular flexibility index (Phi) is 5.38. The normalized spacial score (nSPS) is 20.7. The van der Waals surface area contributed by atoms with Crippen LogP contribution in [0.2, 0.25) is 0 Å². The van der Waals surface area contributed by atoms with Gasteiger partial charge in [0.25, 0.3) is 0 Å². The first kappa shape index (κ1) is 17.2. The molecule has 3 rings (SSSR count). The number of hydrogen-bond donors (Lipinski definition) is 2. The van der Waals surface area contributed by atoms with Crippen molar-refractivity contribution >= 4 is 5.91 Å². The summed E-state index contributed by atoms with van der Waals surface area (Å²) in [6.07, 6.45) is 9.67. The minimum Gasteiger partial charge on any atom is -0.388 e. The molecule has 1 aliphatic carbocycles. The molecule has 7 heteroatoms. The summed E-state index contributed by atoms with van der Waals surface area (Å²) < 4.78 is 2.95. The first-order valence-corrected chi connectivity index (χ1v) is 9.23. The lowest BCUT2D eigenvalue weighted by Gasteiger charge is -2.26. The molecule has 7 nitrogen and oxygen atoms in total. The first-order chi connectivity index (χ1) is 11.6. The number of amides is 1. The number of rotatable bonds is 4. The van der Waals surface area contributed by atoms with Crippen molar-refractivity contribution in [1.82, 2.24) is 19.7 Å². The lowest BCUT2D eigenvalue weighted by atomic mass is 9.94. The third-order valence-electron chi connectivity index (χ3n) is 5.22. The van der Waals surface area contributed by atoms with Crippen LogP contribution in [0.4, 0.5) is 0 Å². The van der Waals surface area contributed by atoms with Gasteiger partial charge in [0, 0.05) is 19.5 Å². The van der Waals surface area contributed by atoms with Gasteiger partial charge >= 0.3 is 5.69 Å². The maximum absolute atomic E-state index is 12.4. The second-order valence-corrected chi connectivity index (χ2v) is 7.23. The van der Waals surface area contributed by atoms with E-state index in [1.165, 1.54) is 4.68 Å². The van der Waals surface area contributed by atoms with Gasteiger partial charge in [-0.15, -0.1) is 0 Å². The Morgan fingerprint density at radius 2 is 1.83 bits per heavy atom. The van der Waals surface area contributed by atoms with Gasteiger partial charge in [-0.25, -0.2) is 9.48 Å². The van der Waals surface area contributed by atoms with Crippen LogP contribution in [0, 0.1) is 0 Å². The molecule has 0 aromatic carbocycles. The van der Waals surface area contributed by atoms with Gasteiger partial charge in [-0.05, 0) is 25.7 Å². The molecule has 1 aromatic heterocycles. The summed E-state index contributed by atoms with van der Waals surface area (Å²) in [5.41, 5.74) is -1.00. The molecule has 0 spiro atoms. The van der Waals surface area contributed by atoms with E-state index >= 15 is 0 Å². The van der Waals surface area contributed by atoms with Gasteiger partial charge in [0.05, 0.1) is 5.60 Å². The number of aliphatic hydroxyl groups is 1. The lowest BCUT2D eigenvalue weighted by Crippen LogP contribution is -2.44. The van der Waals surface area contributed by atoms with E-state index < -0.39 is 5.60 Å². The van der Waals surface area contributed by atoms with Gasteiger partial charge < -0.3 is 10.4 Å². The van der Waals surface area contributed by atoms with E-state index in [1.54, 1.807) is 4.57 Å². The van der Waals surface area contributed by atoms with Crippen LogP contribution in [0.3, 0.4) is 0 Å². The molecule has 0 bridgehead atoms. The summed E-state index contributed by atoms with van der Waals surface area (Å²) in [5, 5.41) is 17.7. The van der Waals surface area contributed by atoms with Crippen LogP contribution in [0.1, 0.15) is 63.6 Å². The van der Waals surface area contributed by atoms with Crippen molar-refractivity contribution in [3.05, 3.63) is 16.3 Å². The highest BCUT2D eigenvalue weighted by Gasteiger charge is 2.28. The SMILES string of the molecule is O=C(Cn1nc2n(c1=O)CCCCC2)NCC1(O)CCCCCC1. The standard InChI is InChI=1S/C17H28N4O3/c22-15(18-13-17(24)9-5-1-2-6-10-17)12-21-16(23)20-11-7-3-4-8-14(20)19-21/h24H,1-13H2,(H,18,22). The third kappa shape index (κ3) is 4.06. The molecule has 24 heavy (non-hydrogen) atoms. The smallest absolute Gasteiger partial charge is 0.346 e. The molecule has 0 saturated heterocycles. The van der Waals surface area contributed by atoms with Crippen molar-refractivity contribution in [2.24, 2.45) is 0 Å². The molecule has 0 radical (unpaired) electrons. The Labute approximate surface area is 142 Å². The molecule has 2 heterocycles. The Morgan fingerprint density at radius 1 is 1.12 bits per heavy atom. The summed E-state index contributed by atoms with van der Waals surface area (Å²) in [4.78, 5) is 24.5. The molecule has 2 N–H and O–H groups in total. The van der Waals surface area contributed by atoms with Crippen LogP contribution in [-0.4, -0.2) is 37.5 Å². The third-order valence-corrected chi connectivity index (χ3v) is 5.22. The Morgan fingerprint density at radius 3 is 2.58 bits per heavy atom. The van der Waals surface area contributed by atoms with Crippen LogP contribution >= 0.6 is 0 Å². The van der Waals surface area contributed by atoms with Gasteiger partial charge in [0.1, 0.15) is 12.4 Å². The average molecular weight is 336 g/mol. The second-order valence-electron chi connectivity index (χ2n) is 7.23. The Hall–Kier alpha value is -1.63. The minimum atomic E-state index is -0.803. The number of carbonyl (C=O) groups is 1. The Balaban J connectivity index is 1.58. The van der Waals surface area contributed by atoms with Crippen molar-refractivity contribution in [2.45, 2.75) is 82.9 Å². The molecule has 1 aromatic rings. The summed E-state index contributed by atoms with van der Waals surface area (Å²) in [5.74, 6) is 0.524. The van der Waals surface area contributed by atoms with Gasteiger partial charge in [-0.1, -0.05) is 32.1 Å². The molecule has 1 fully saturated rings. The fourth-order valence-electron chi connectivity index (χ4n) is 3.75. The predicted molar refractivity (Wildman–Crippen MR) is 89.7 cm³/mol. The van der Waals surface area contributed by atoms with Crippen LogP contribution in [0.5, 0.6) is 0 Å². The van der Waals surface area contributed by atoms with Crippen LogP contribution in [0.25, 0.3) is 0 Å². The number of carbonyl (C=O) groups excluding carboxylic acids is 1. The maximum atomic E-state index is 12.4. The quantitative estimate of drug-likeness (QED) is 0.802.